The molecular formula is C21H20ClN3O2. The third-order valence-corrected chi connectivity index (χ3v) is 4.26. The van der Waals surface area contributed by atoms with Crippen LogP contribution in [0.25, 0.3) is 0 Å². The normalized spacial score (nSPS) is 10.3. The largest absolute Gasteiger partial charge is 0.495 e. The predicted molar refractivity (Wildman–Crippen MR) is 108 cm³/mol. The molecular weight excluding hydrogens is 362 g/mol. The van der Waals surface area contributed by atoms with Crippen molar-refractivity contribution in [2.24, 2.45) is 0 Å². The number of nitrogens with zero attached hydrogens (tertiary/aromatic N) is 1. The Morgan fingerprint density at radius 2 is 1.89 bits per heavy atom. The van der Waals surface area contributed by atoms with Gasteiger partial charge in [0.25, 0.3) is 5.91 Å². The highest BCUT2D eigenvalue weighted by Gasteiger charge is 2.08. The van der Waals surface area contributed by atoms with E-state index in [1.807, 2.05) is 48.5 Å². The molecule has 0 atom stereocenters. The monoisotopic (exact) mass is 381 g/mol. The highest BCUT2D eigenvalue weighted by Crippen LogP contribution is 2.26. The van der Waals surface area contributed by atoms with Gasteiger partial charge in [0.1, 0.15) is 11.6 Å². The minimum absolute atomic E-state index is 0.144. The zero-order valence-electron chi connectivity index (χ0n) is 14.9. The number of aromatic nitrogens is 1. The van der Waals surface area contributed by atoms with Crippen molar-refractivity contribution in [2.45, 2.75) is 6.42 Å². The number of halogens is 1. The molecule has 0 aliphatic rings. The number of rotatable bonds is 7. The fourth-order valence-electron chi connectivity index (χ4n) is 2.60. The Bertz CT molecular complexity index is 913. The van der Waals surface area contributed by atoms with Crippen LogP contribution in [0.3, 0.4) is 0 Å². The highest BCUT2D eigenvalue weighted by molar-refractivity contribution is 6.30. The molecule has 3 rings (SSSR count). The van der Waals surface area contributed by atoms with E-state index in [0.29, 0.717) is 28.7 Å². The second-order valence-electron chi connectivity index (χ2n) is 5.89. The molecule has 2 aromatic carbocycles. The molecule has 0 saturated carbocycles. The Morgan fingerprint density at radius 1 is 1.11 bits per heavy atom. The number of pyridine rings is 1. The number of nitrogens with one attached hydrogen (secondary N) is 2. The Balaban J connectivity index is 1.60. The number of amides is 1. The summed E-state index contributed by atoms with van der Waals surface area (Å²) in [6.45, 7) is 0.540. The van der Waals surface area contributed by atoms with E-state index in [4.69, 9.17) is 16.3 Å². The van der Waals surface area contributed by atoms with Crippen molar-refractivity contribution in [3.63, 3.8) is 0 Å². The Kier molecular flexibility index (Phi) is 6.28. The summed E-state index contributed by atoms with van der Waals surface area (Å²) in [6, 6.07) is 18.5. The van der Waals surface area contributed by atoms with Crippen molar-refractivity contribution in [3.05, 3.63) is 83.0 Å². The molecule has 1 amide bonds. The molecule has 5 nitrogen and oxygen atoms in total. The molecule has 0 aliphatic carbocycles. The highest BCUT2D eigenvalue weighted by atomic mass is 35.5. The number of anilines is 2. The molecule has 3 aromatic rings. The summed E-state index contributed by atoms with van der Waals surface area (Å²) in [5.74, 6) is 1.14. The molecule has 1 aromatic heterocycles. The zero-order chi connectivity index (χ0) is 19.1. The van der Waals surface area contributed by atoms with Gasteiger partial charge in [0, 0.05) is 23.3 Å². The molecule has 27 heavy (non-hydrogen) atoms. The maximum Gasteiger partial charge on any atom is 0.251 e. The van der Waals surface area contributed by atoms with Crippen LogP contribution >= 0.6 is 11.6 Å². The first-order valence-electron chi connectivity index (χ1n) is 8.54. The van der Waals surface area contributed by atoms with Crippen molar-refractivity contribution < 1.29 is 9.53 Å². The molecule has 0 radical (unpaired) electrons. The number of hydrogen-bond acceptors (Lipinski definition) is 4. The van der Waals surface area contributed by atoms with Crippen LogP contribution in [0.5, 0.6) is 5.75 Å². The van der Waals surface area contributed by atoms with E-state index in [1.165, 1.54) is 0 Å². The molecule has 0 saturated heterocycles. The van der Waals surface area contributed by atoms with Crippen molar-refractivity contribution in [1.82, 2.24) is 10.3 Å². The van der Waals surface area contributed by atoms with Crippen LogP contribution in [0.15, 0.2) is 66.9 Å². The quantitative estimate of drug-likeness (QED) is 0.634. The number of methoxy groups -OCH3 is 1. The maximum atomic E-state index is 12.4. The lowest BCUT2D eigenvalue weighted by atomic mass is 10.1. The summed E-state index contributed by atoms with van der Waals surface area (Å²) in [7, 11) is 1.61. The van der Waals surface area contributed by atoms with Gasteiger partial charge in [0.2, 0.25) is 0 Å². The zero-order valence-corrected chi connectivity index (χ0v) is 15.7. The van der Waals surface area contributed by atoms with Gasteiger partial charge in [-0.2, -0.15) is 0 Å². The lowest BCUT2D eigenvalue weighted by Gasteiger charge is -2.11. The summed E-state index contributed by atoms with van der Waals surface area (Å²) < 4.78 is 5.32. The number of benzene rings is 2. The van der Waals surface area contributed by atoms with Crippen LogP contribution in [0.1, 0.15) is 15.9 Å². The Hall–Kier alpha value is -3.05. The Morgan fingerprint density at radius 3 is 2.67 bits per heavy atom. The molecule has 1 heterocycles. The van der Waals surface area contributed by atoms with Crippen LogP contribution in [0.2, 0.25) is 5.02 Å². The number of ether oxygens (including phenoxy) is 1. The molecule has 6 heteroatoms. The number of carbonyl (C=O) groups excluding carboxylic acids is 1. The first-order valence-corrected chi connectivity index (χ1v) is 8.92. The van der Waals surface area contributed by atoms with Gasteiger partial charge in [-0.15, -0.1) is 0 Å². The summed E-state index contributed by atoms with van der Waals surface area (Å²) in [4.78, 5) is 16.7. The summed E-state index contributed by atoms with van der Waals surface area (Å²) in [6.07, 6.45) is 2.34. The minimum Gasteiger partial charge on any atom is -0.495 e. The third kappa shape index (κ3) is 5.21. The molecule has 0 aliphatic heterocycles. The lowest BCUT2D eigenvalue weighted by Crippen LogP contribution is -2.25. The van der Waals surface area contributed by atoms with Crippen molar-refractivity contribution >= 4 is 29.0 Å². The average molecular weight is 382 g/mol. The van der Waals surface area contributed by atoms with Gasteiger partial charge >= 0.3 is 0 Å². The molecule has 0 unspecified atom stereocenters. The minimum atomic E-state index is -0.144. The maximum absolute atomic E-state index is 12.4. The lowest BCUT2D eigenvalue weighted by molar-refractivity contribution is 0.0954. The van der Waals surface area contributed by atoms with Crippen molar-refractivity contribution in [3.8, 4) is 5.75 Å². The van der Waals surface area contributed by atoms with E-state index < -0.39 is 0 Å². The van der Waals surface area contributed by atoms with Gasteiger partial charge in [-0.3, -0.25) is 4.79 Å². The first-order chi connectivity index (χ1) is 13.2. The van der Waals surface area contributed by atoms with E-state index in [1.54, 1.807) is 25.4 Å². The van der Waals surface area contributed by atoms with Crippen LogP contribution in [0, 0.1) is 0 Å². The SMILES string of the molecule is COc1ccccc1Nc1cc(C(=O)NCCc2ccc(Cl)cc2)ccn1. The fraction of sp³-hybridized carbons (Fsp3) is 0.143. The number of hydrogen-bond donors (Lipinski definition) is 2. The van der Waals surface area contributed by atoms with Gasteiger partial charge in [0.15, 0.2) is 0 Å². The first kappa shape index (κ1) is 18.7. The smallest absolute Gasteiger partial charge is 0.251 e. The van der Waals surface area contributed by atoms with Gasteiger partial charge < -0.3 is 15.4 Å². The van der Waals surface area contributed by atoms with Crippen LogP contribution in [-0.2, 0) is 6.42 Å². The molecule has 0 bridgehead atoms. The fourth-order valence-corrected chi connectivity index (χ4v) is 2.73. The van der Waals surface area contributed by atoms with Crippen LogP contribution in [-0.4, -0.2) is 24.5 Å². The van der Waals surface area contributed by atoms with Gasteiger partial charge in [-0.1, -0.05) is 35.9 Å². The molecule has 0 spiro atoms. The summed E-state index contributed by atoms with van der Waals surface area (Å²) in [5.41, 5.74) is 2.44. The summed E-state index contributed by atoms with van der Waals surface area (Å²) >= 11 is 5.88. The van der Waals surface area contributed by atoms with Gasteiger partial charge in [0.05, 0.1) is 12.8 Å². The molecule has 0 fully saturated rings. The number of para-hydroxylation sites is 2. The van der Waals surface area contributed by atoms with Gasteiger partial charge in [-0.05, 0) is 48.4 Å². The van der Waals surface area contributed by atoms with Crippen molar-refractivity contribution in [1.29, 1.82) is 0 Å². The van der Waals surface area contributed by atoms with E-state index in [9.17, 15) is 4.79 Å². The summed E-state index contributed by atoms with van der Waals surface area (Å²) in [5, 5.41) is 6.80. The molecule has 138 valence electrons. The third-order valence-electron chi connectivity index (χ3n) is 4.00. The van der Waals surface area contributed by atoms with Crippen LogP contribution < -0.4 is 15.4 Å². The van der Waals surface area contributed by atoms with E-state index >= 15 is 0 Å². The number of carbonyl (C=O) groups is 1. The Labute approximate surface area is 163 Å². The molecule has 2 N–H and O–H groups in total. The standard InChI is InChI=1S/C21H20ClN3O2/c1-27-19-5-3-2-4-18(19)25-20-14-16(11-13-23-20)21(26)24-12-10-15-6-8-17(22)9-7-15/h2-9,11,13-14H,10,12H2,1H3,(H,23,25)(H,24,26). The van der Waals surface area contributed by atoms with Crippen molar-refractivity contribution in [2.75, 3.05) is 19.0 Å². The average Bonchev–Trinajstić information content (AvgIpc) is 2.70. The van der Waals surface area contributed by atoms with Gasteiger partial charge in [-0.25, -0.2) is 4.98 Å². The second kappa shape index (κ2) is 9.05. The van der Waals surface area contributed by atoms with E-state index in [-0.39, 0.29) is 5.91 Å². The van der Waals surface area contributed by atoms with Crippen LogP contribution in [0.4, 0.5) is 11.5 Å². The topological polar surface area (TPSA) is 63.2 Å². The van der Waals surface area contributed by atoms with E-state index in [0.717, 1.165) is 17.7 Å². The second-order valence-corrected chi connectivity index (χ2v) is 6.32. The van der Waals surface area contributed by atoms with E-state index in [2.05, 4.69) is 15.6 Å². The predicted octanol–water partition coefficient (Wildman–Crippen LogP) is 4.46.